The van der Waals surface area contributed by atoms with Crippen LogP contribution in [-0.2, 0) is 4.74 Å². The Morgan fingerprint density at radius 2 is 2.30 bits per heavy atom. The van der Waals surface area contributed by atoms with E-state index >= 15 is 0 Å². The molecule has 3 rings (SSSR count). The highest BCUT2D eigenvalue weighted by Gasteiger charge is 2.27. The minimum atomic E-state index is -0.568. The summed E-state index contributed by atoms with van der Waals surface area (Å²) in [6, 6.07) is 1.99. The van der Waals surface area contributed by atoms with Crippen LogP contribution in [-0.4, -0.2) is 22.1 Å². The molecule has 0 spiro atoms. The first kappa shape index (κ1) is 13.3. The number of rotatable bonds is 3. The normalized spacial score (nSPS) is 14.5. The highest BCUT2D eigenvalue weighted by atomic mass is 79.9. The molecule has 5 nitrogen and oxygen atoms in total. The topological polar surface area (TPSA) is 61.2 Å². The van der Waals surface area contributed by atoms with E-state index in [2.05, 4.69) is 20.9 Å². The molecule has 104 valence electrons. The molecule has 2 heterocycles. The summed E-state index contributed by atoms with van der Waals surface area (Å²) in [5, 5.41) is 0.490. The summed E-state index contributed by atoms with van der Waals surface area (Å²) in [6.07, 6.45) is 5.37. The Balaban J connectivity index is 2.28. The smallest absolute Gasteiger partial charge is 0.343 e. The fourth-order valence-corrected chi connectivity index (χ4v) is 2.56. The van der Waals surface area contributed by atoms with Gasteiger partial charge in [-0.2, -0.15) is 0 Å². The van der Waals surface area contributed by atoms with Crippen LogP contribution in [0.1, 0.15) is 36.2 Å². The number of hydrogen-bond donors (Lipinski definition) is 0. The molecule has 1 aliphatic rings. The number of esters is 1. The zero-order valence-electron chi connectivity index (χ0n) is 10.9. The maximum Gasteiger partial charge on any atom is 0.343 e. The average molecular weight is 337 g/mol. The second-order valence-corrected chi connectivity index (χ2v) is 5.57. The van der Waals surface area contributed by atoms with Crippen molar-refractivity contribution in [3.8, 4) is 0 Å². The highest BCUT2D eigenvalue weighted by molar-refractivity contribution is 9.10. The number of carbonyl (C=O) groups excluding carboxylic acids is 1. The Kier molecular flexibility index (Phi) is 3.33. The second-order valence-electron chi connectivity index (χ2n) is 4.75. The molecule has 0 N–H and O–H groups in total. The third kappa shape index (κ3) is 2.24. The number of ether oxygens (including phenoxy) is 1. The summed E-state index contributed by atoms with van der Waals surface area (Å²) >= 11 is 3.26. The van der Waals surface area contributed by atoms with Crippen LogP contribution < -0.4 is 5.43 Å². The van der Waals surface area contributed by atoms with Crippen LogP contribution >= 0.6 is 15.9 Å². The van der Waals surface area contributed by atoms with Gasteiger partial charge < -0.3 is 9.30 Å². The van der Waals surface area contributed by atoms with Gasteiger partial charge in [-0.25, -0.2) is 9.78 Å². The number of fused-ring (bicyclic) bond motifs is 1. The molecule has 2 aromatic heterocycles. The van der Waals surface area contributed by atoms with E-state index in [1.165, 1.54) is 0 Å². The van der Waals surface area contributed by atoms with Crippen molar-refractivity contribution in [2.75, 3.05) is 6.61 Å². The van der Waals surface area contributed by atoms with Crippen molar-refractivity contribution in [1.82, 2.24) is 9.55 Å². The minimum absolute atomic E-state index is 0.0874. The van der Waals surface area contributed by atoms with Gasteiger partial charge in [0, 0.05) is 12.2 Å². The Morgan fingerprint density at radius 3 is 2.95 bits per heavy atom. The van der Waals surface area contributed by atoms with Crippen molar-refractivity contribution in [2.45, 2.75) is 25.8 Å². The number of carbonyl (C=O) groups is 1. The van der Waals surface area contributed by atoms with E-state index in [4.69, 9.17) is 4.74 Å². The molecule has 1 saturated carbocycles. The van der Waals surface area contributed by atoms with Gasteiger partial charge in [-0.1, -0.05) is 0 Å². The monoisotopic (exact) mass is 336 g/mol. The summed E-state index contributed by atoms with van der Waals surface area (Å²) in [5.41, 5.74) is 0.538. The number of hydrogen-bond acceptors (Lipinski definition) is 4. The molecule has 0 aromatic carbocycles. The molecular weight excluding hydrogens is 324 g/mol. The van der Waals surface area contributed by atoms with Crippen LogP contribution in [0.5, 0.6) is 0 Å². The molecule has 20 heavy (non-hydrogen) atoms. The molecule has 1 aliphatic carbocycles. The third-order valence-electron chi connectivity index (χ3n) is 3.32. The molecule has 0 saturated heterocycles. The van der Waals surface area contributed by atoms with Gasteiger partial charge in [0.15, 0.2) is 0 Å². The third-order valence-corrected chi connectivity index (χ3v) is 3.75. The first-order valence-corrected chi connectivity index (χ1v) is 7.28. The van der Waals surface area contributed by atoms with Gasteiger partial charge in [-0.3, -0.25) is 4.79 Å². The van der Waals surface area contributed by atoms with Gasteiger partial charge in [0.25, 0.3) is 0 Å². The molecule has 1 fully saturated rings. The van der Waals surface area contributed by atoms with Gasteiger partial charge >= 0.3 is 5.97 Å². The van der Waals surface area contributed by atoms with E-state index in [0.29, 0.717) is 16.0 Å². The largest absolute Gasteiger partial charge is 0.462 e. The SMILES string of the molecule is CCOC(=O)c1cn(C2CC2)c2cnc(Br)cc2c1=O. The zero-order valence-corrected chi connectivity index (χ0v) is 12.5. The summed E-state index contributed by atoms with van der Waals surface area (Å²) in [6.45, 7) is 1.97. The Bertz CT molecular complexity index is 750. The van der Waals surface area contributed by atoms with Crippen molar-refractivity contribution in [3.63, 3.8) is 0 Å². The van der Waals surface area contributed by atoms with Crippen molar-refractivity contribution in [2.24, 2.45) is 0 Å². The predicted molar refractivity (Wildman–Crippen MR) is 77.9 cm³/mol. The van der Waals surface area contributed by atoms with E-state index in [0.717, 1.165) is 18.4 Å². The Labute approximate surface area is 123 Å². The lowest BCUT2D eigenvalue weighted by molar-refractivity contribution is 0.0524. The van der Waals surface area contributed by atoms with Gasteiger partial charge in [-0.05, 0) is 41.8 Å². The van der Waals surface area contributed by atoms with Crippen molar-refractivity contribution >= 4 is 32.8 Å². The minimum Gasteiger partial charge on any atom is -0.462 e. The fourth-order valence-electron chi connectivity index (χ4n) is 2.23. The van der Waals surface area contributed by atoms with Crippen LogP contribution in [0, 0.1) is 0 Å². The molecule has 0 bridgehead atoms. The van der Waals surface area contributed by atoms with E-state index in [1.807, 2.05) is 4.57 Å². The van der Waals surface area contributed by atoms with E-state index in [-0.39, 0.29) is 17.6 Å². The van der Waals surface area contributed by atoms with Crippen molar-refractivity contribution in [1.29, 1.82) is 0 Å². The lowest BCUT2D eigenvalue weighted by Gasteiger charge is -2.12. The van der Waals surface area contributed by atoms with Crippen LogP contribution in [0.15, 0.2) is 27.9 Å². The highest BCUT2D eigenvalue weighted by Crippen LogP contribution is 2.37. The number of aromatic nitrogens is 2. The van der Waals surface area contributed by atoms with Gasteiger partial charge in [0.1, 0.15) is 10.2 Å². The molecule has 0 radical (unpaired) electrons. The Hall–Kier alpha value is -1.69. The molecular formula is C14H13BrN2O3. The van der Waals surface area contributed by atoms with E-state index < -0.39 is 5.97 Å². The first-order valence-electron chi connectivity index (χ1n) is 6.49. The molecule has 0 atom stereocenters. The molecule has 0 aliphatic heterocycles. The predicted octanol–water partition coefficient (Wildman–Crippen LogP) is 2.67. The maximum absolute atomic E-state index is 12.4. The number of nitrogens with zero attached hydrogens (tertiary/aromatic N) is 2. The van der Waals surface area contributed by atoms with E-state index in [1.54, 1.807) is 25.4 Å². The van der Waals surface area contributed by atoms with Crippen LogP contribution in [0.3, 0.4) is 0 Å². The standard InChI is InChI=1S/C14H13BrN2O3/c1-2-20-14(19)10-7-17(8-3-4-8)11-6-16-12(15)5-9(11)13(10)18/h5-8H,2-4H2,1H3. The fraction of sp³-hybridized carbons (Fsp3) is 0.357. The summed E-state index contributed by atoms with van der Waals surface area (Å²) in [4.78, 5) is 28.5. The summed E-state index contributed by atoms with van der Waals surface area (Å²) in [7, 11) is 0. The average Bonchev–Trinajstić information content (AvgIpc) is 3.24. The maximum atomic E-state index is 12.4. The van der Waals surface area contributed by atoms with Crippen molar-refractivity contribution in [3.05, 3.63) is 38.9 Å². The van der Waals surface area contributed by atoms with Crippen LogP contribution in [0.25, 0.3) is 10.9 Å². The summed E-state index contributed by atoms with van der Waals surface area (Å²) < 4.78 is 7.50. The van der Waals surface area contributed by atoms with Gasteiger partial charge in [0.2, 0.25) is 5.43 Å². The zero-order chi connectivity index (χ0) is 14.3. The van der Waals surface area contributed by atoms with Crippen LogP contribution in [0.4, 0.5) is 0 Å². The van der Waals surface area contributed by atoms with Crippen LogP contribution in [0.2, 0.25) is 0 Å². The molecule has 0 unspecified atom stereocenters. The quantitative estimate of drug-likeness (QED) is 0.638. The number of halogens is 1. The lowest BCUT2D eigenvalue weighted by Crippen LogP contribution is -2.20. The van der Waals surface area contributed by atoms with Gasteiger partial charge in [0.05, 0.1) is 23.7 Å². The first-order chi connectivity index (χ1) is 9.61. The summed E-state index contributed by atoms with van der Waals surface area (Å²) in [5.74, 6) is -0.568. The van der Waals surface area contributed by atoms with Gasteiger partial charge in [-0.15, -0.1) is 0 Å². The molecule has 0 amide bonds. The molecule has 6 heteroatoms. The number of pyridine rings is 2. The molecule has 2 aromatic rings. The van der Waals surface area contributed by atoms with Crippen molar-refractivity contribution < 1.29 is 9.53 Å². The second kappa shape index (κ2) is 5.01. The van der Waals surface area contributed by atoms with E-state index in [9.17, 15) is 9.59 Å². The Morgan fingerprint density at radius 1 is 1.55 bits per heavy atom. The lowest BCUT2D eigenvalue weighted by atomic mass is 10.1.